The van der Waals surface area contributed by atoms with Gasteiger partial charge < -0.3 is 21.9 Å². The molecule has 16 heavy (non-hydrogen) atoms. The summed E-state index contributed by atoms with van der Waals surface area (Å²) in [4.78, 5) is 21.4. The average molecular weight is 257 g/mol. The van der Waals surface area contributed by atoms with Gasteiger partial charge in [-0.25, -0.2) is 0 Å². The number of nitrogens with two attached hydrogens (primary N) is 2. The van der Waals surface area contributed by atoms with Gasteiger partial charge in [0.1, 0.15) is 0 Å². The van der Waals surface area contributed by atoms with Crippen LogP contribution >= 0.6 is 0 Å². The first kappa shape index (κ1) is 18.9. The van der Waals surface area contributed by atoms with Crippen molar-refractivity contribution in [2.24, 2.45) is 11.5 Å². The van der Waals surface area contributed by atoms with Crippen LogP contribution in [0.1, 0.15) is 25.7 Å². The second-order valence-electron chi connectivity index (χ2n) is 3.33. The Labute approximate surface area is 138 Å². The topological polar surface area (TPSA) is 118 Å². The molecule has 1 amide bonds. The van der Waals surface area contributed by atoms with Crippen LogP contribution < -0.4 is 16.8 Å². The molecule has 0 rings (SSSR count). The summed E-state index contributed by atoms with van der Waals surface area (Å²) in [6.07, 6.45) is 2.15. The van der Waals surface area contributed by atoms with Crippen LogP contribution in [0.5, 0.6) is 0 Å². The second kappa shape index (κ2) is 12.0. The summed E-state index contributed by atoms with van der Waals surface area (Å²) in [6, 6.07) is -0.564. The first-order valence-corrected chi connectivity index (χ1v) is 5.03. The molecule has 0 aromatic rings. The number of carbonyl (C=O) groups excluding carboxylic acids is 1. The van der Waals surface area contributed by atoms with Crippen LogP contribution in [0.3, 0.4) is 0 Å². The van der Waals surface area contributed by atoms with E-state index in [0.29, 0.717) is 13.0 Å². The standard InChI is InChI=1S/C9H19N3O3.K.H/c10-5-2-1-3-7(11)9(15)12-6-4-8(13)14;;/h7H,1-6,10-11H2,(H,12,15)(H,13,14);;/t7-;;/m0../s1. The summed E-state index contributed by atoms with van der Waals surface area (Å²) in [5.74, 6) is -1.24. The number of carboxylic acids is 1. The van der Waals surface area contributed by atoms with E-state index in [1.165, 1.54) is 0 Å². The molecule has 1 atom stereocenters. The van der Waals surface area contributed by atoms with Crippen molar-refractivity contribution in [3.05, 3.63) is 0 Å². The number of rotatable bonds is 8. The van der Waals surface area contributed by atoms with Gasteiger partial charge in [-0.3, -0.25) is 9.59 Å². The number of hydrogen-bond acceptors (Lipinski definition) is 4. The van der Waals surface area contributed by atoms with E-state index in [1.807, 2.05) is 0 Å². The molecular weight excluding hydrogens is 237 g/mol. The van der Waals surface area contributed by atoms with Crippen LogP contribution in [0.2, 0.25) is 0 Å². The molecule has 0 spiro atoms. The molecule has 0 saturated heterocycles. The van der Waals surface area contributed by atoms with Crippen molar-refractivity contribution in [2.75, 3.05) is 13.1 Å². The van der Waals surface area contributed by atoms with Gasteiger partial charge in [-0.2, -0.15) is 0 Å². The summed E-state index contributed by atoms with van der Waals surface area (Å²) < 4.78 is 0. The zero-order chi connectivity index (χ0) is 11.7. The maximum atomic E-state index is 11.3. The predicted molar refractivity (Wildman–Crippen MR) is 63.3 cm³/mol. The monoisotopic (exact) mass is 257 g/mol. The Morgan fingerprint density at radius 2 is 1.94 bits per heavy atom. The van der Waals surface area contributed by atoms with Crippen LogP contribution in [-0.2, 0) is 9.59 Å². The fourth-order valence-corrected chi connectivity index (χ4v) is 1.06. The minimum atomic E-state index is -0.938. The molecule has 6 nitrogen and oxygen atoms in total. The molecule has 6 N–H and O–H groups in total. The Balaban J connectivity index is 0. The van der Waals surface area contributed by atoms with E-state index in [0.717, 1.165) is 12.8 Å². The van der Waals surface area contributed by atoms with Gasteiger partial charge in [0.2, 0.25) is 5.91 Å². The molecule has 0 aliphatic heterocycles. The Kier molecular flexibility index (Phi) is 14.1. The summed E-state index contributed by atoms with van der Waals surface area (Å²) in [7, 11) is 0. The molecule has 7 heteroatoms. The van der Waals surface area contributed by atoms with Crippen molar-refractivity contribution < 1.29 is 14.7 Å². The summed E-state index contributed by atoms with van der Waals surface area (Å²) >= 11 is 0. The van der Waals surface area contributed by atoms with Crippen molar-refractivity contribution in [3.8, 4) is 0 Å². The number of aliphatic carboxylic acids is 1. The fourth-order valence-electron chi connectivity index (χ4n) is 1.06. The van der Waals surface area contributed by atoms with E-state index in [2.05, 4.69) is 5.32 Å². The van der Waals surface area contributed by atoms with Crippen LogP contribution in [0.4, 0.5) is 0 Å². The zero-order valence-corrected chi connectivity index (χ0v) is 8.74. The number of unbranched alkanes of at least 4 members (excludes halogenated alkanes) is 1. The third-order valence-electron chi connectivity index (χ3n) is 1.94. The predicted octanol–water partition coefficient (Wildman–Crippen LogP) is -1.61. The van der Waals surface area contributed by atoms with E-state index < -0.39 is 12.0 Å². The van der Waals surface area contributed by atoms with Gasteiger partial charge in [0.15, 0.2) is 0 Å². The van der Waals surface area contributed by atoms with Crippen molar-refractivity contribution in [2.45, 2.75) is 31.7 Å². The second-order valence-corrected chi connectivity index (χ2v) is 3.33. The van der Waals surface area contributed by atoms with Gasteiger partial charge in [0.05, 0.1) is 12.5 Å². The van der Waals surface area contributed by atoms with E-state index in [4.69, 9.17) is 16.6 Å². The van der Waals surface area contributed by atoms with Crippen LogP contribution in [0.15, 0.2) is 0 Å². The van der Waals surface area contributed by atoms with Crippen LogP contribution in [0, 0.1) is 0 Å². The van der Waals surface area contributed by atoms with Gasteiger partial charge in [-0.05, 0) is 19.4 Å². The number of carboxylic acid groups (broad SMARTS) is 1. The summed E-state index contributed by atoms with van der Waals surface area (Å²) in [5, 5.41) is 10.8. The normalized spacial score (nSPS) is 11.4. The molecule has 0 aromatic carbocycles. The van der Waals surface area contributed by atoms with E-state index in [-0.39, 0.29) is 70.3 Å². The quantitative estimate of drug-likeness (QED) is 0.308. The molecule has 0 fully saturated rings. The van der Waals surface area contributed by atoms with E-state index >= 15 is 0 Å². The van der Waals surface area contributed by atoms with Gasteiger partial charge in [-0.1, -0.05) is 6.42 Å². The Hall–Kier alpha value is 0.496. The fraction of sp³-hybridized carbons (Fsp3) is 0.778. The molecule has 0 saturated carbocycles. The Morgan fingerprint density at radius 1 is 1.31 bits per heavy atom. The summed E-state index contributed by atoms with van der Waals surface area (Å²) in [6.45, 7) is 0.714. The molecule has 0 aliphatic rings. The number of nitrogens with one attached hydrogen (secondary N) is 1. The average Bonchev–Trinajstić information content (AvgIpc) is 2.17. The molecule has 0 heterocycles. The molecule has 0 aliphatic carbocycles. The maximum absolute atomic E-state index is 11.3. The molecule has 0 bridgehead atoms. The van der Waals surface area contributed by atoms with Crippen molar-refractivity contribution in [1.29, 1.82) is 0 Å². The van der Waals surface area contributed by atoms with Gasteiger partial charge in [0, 0.05) is 6.54 Å². The number of amides is 1. The van der Waals surface area contributed by atoms with Crippen molar-refractivity contribution in [1.82, 2.24) is 5.32 Å². The van der Waals surface area contributed by atoms with Crippen molar-refractivity contribution >= 4 is 63.3 Å². The summed E-state index contributed by atoms with van der Waals surface area (Å²) in [5.41, 5.74) is 10.9. The molecule has 90 valence electrons. The molecule has 0 radical (unpaired) electrons. The molecule has 0 unspecified atom stereocenters. The first-order valence-electron chi connectivity index (χ1n) is 5.03. The van der Waals surface area contributed by atoms with Crippen molar-refractivity contribution in [3.63, 3.8) is 0 Å². The van der Waals surface area contributed by atoms with Crippen LogP contribution in [0.25, 0.3) is 0 Å². The minimum absolute atomic E-state index is 0. The Bertz CT molecular complexity index is 214. The zero-order valence-electron chi connectivity index (χ0n) is 8.74. The third kappa shape index (κ3) is 11.0. The van der Waals surface area contributed by atoms with E-state index in [1.54, 1.807) is 0 Å². The molecular formula is C9H20KN3O3. The first-order chi connectivity index (χ1) is 7.07. The SMILES string of the molecule is NCCCC[C@H](N)C(=O)NCCC(=O)O.[KH]. The third-order valence-corrected chi connectivity index (χ3v) is 1.94. The Morgan fingerprint density at radius 3 is 2.44 bits per heavy atom. The van der Waals surface area contributed by atoms with Crippen LogP contribution in [-0.4, -0.2) is 87.5 Å². The van der Waals surface area contributed by atoms with E-state index in [9.17, 15) is 9.59 Å². The molecule has 0 aromatic heterocycles. The van der Waals surface area contributed by atoms with Gasteiger partial charge >= 0.3 is 57.4 Å². The number of carbonyl (C=O) groups is 2. The van der Waals surface area contributed by atoms with Gasteiger partial charge in [-0.15, -0.1) is 0 Å². The van der Waals surface area contributed by atoms with Gasteiger partial charge in [0.25, 0.3) is 0 Å². The number of hydrogen-bond donors (Lipinski definition) is 4.